The van der Waals surface area contributed by atoms with Gasteiger partial charge in [-0.15, -0.1) is 5.10 Å². The molecule has 0 bridgehead atoms. The Morgan fingerprint density at radius 1 is 1.12 bits per heavy atom. The van der Waals surface area contributed by atoms with Gasteiger partial charge in [-0.3, -0.25) is 4.79 Å². The molecule has 0 aliphatic carbocycles. The van der Waals surface area contributed by atoms with Crippen LogP contribution in [0.2, 0.25) is 0 Å². The third-order valence-electron chi connectivity index (χ3n) is 5.03. The minimum atomic E-state index is -0.231. The molecule has 3 heterocycles. The summed E-state index contributed by atoms with van der Waals surface area (Å²) in [7, 11) is 4.68. The standard InChI is InChI=1S/C22H19N3O6S/c1-27-15-7-12(8-16(28-2)20(15)29-3)9-18-23-22-25(24-18)21(26)17(32-22)10-13-5-4-6-14-19(13)31-11-30-14/h4-8,10H,9,11H2,1-3H3/b17-10-. The summed E-state index contributed by atoms with van der Waals surface area (Å²) in [4.78, 5) is 18.0. The largest absolute Gasteiger partial charge is 0.493 e. The second-order valence-corrected chi connectivity index (χ2v) is 7.94. The summed E-state index contributed by atoms with van der Waals surface area (Å²) in [6, 6.07) is 9.24. The Bertz CT molecular complexity index is 1400. The first kappa shape index (κ1) is 20.1. The van der Waals surface area contributed by atoms with E-state index in [1.807, 2.05) is 30.3 Å². The van der Waals surface area contributed by atoms with E-state index in [-0.39, 0.29) is 12.4 Å². The van der Waals surface area contributed by atoms with Crippen LogP contribution in [-0.2, 0) is 6.42 Å². The van der Waals surface area contributed by atoms with Gasteiger partial charge in [0.2, 0.25) is 17.5 Å². The molecule has 2 aromatic carbocycles. The zero-order valence-electron chi connectivity index (χ0n) is 17.6. The van der Waals surface area contributed by atoms with Gasteiger partial charge in [-0.05, 0) is 29.8 Å². The maximum absolute atomic E-state index is 12.9. The fourth-order valence-corrected chi connectivity index (χ4v) is 4.49. The number of methoxy groups -OCH3 is 3. The highest BCUT2D eigenvalue weighted by molar-refractivity contribution is 7.15. The highest BCUT2D eigenvalue weighted by atomic mass is 32.1. The molecule has 2 aromatic heterocycles. The summed E-state index contributed by atoms with van der Waals surface area (Å²) in [5.74, 6) is 3.43. The van der Waals surface area contributed by atoms with E-state index in [4.69, 9.17) is 23.7 Å². The van der Waals surface area contributed by atoms with Crippen molar-refractivity contribution in [2.45, 2.75) is 6.42 Å². The van der Waals surface area contributed by atoms with E-state index in [1.165, 1.54) is 15.9 Å². The van der Waals surface area contributed by atoms with E-state index >= 15 is 0 Å². The van der Waals surface area contributed by atoms with Crippen molar-refractivity contribution in [1.29, 1.82) is 0 Å². The number of rotatable bonds is 6. The molecule has 1 aliphatic rings. The first-order valence-electron chi connectivity index (χ1n) is 9.69. The van der Waals surface area contributed by atoms with Gasteiger partial charge in [-0.2, -0.15) is 4.52 Å². The lowest BCUT2D eigenvalue weighted by Gasteiger charge is -2.13. The Hall–Kier alpha value is -3.79. The quantitative estimate of drug-likeness (QED) is 0.438. The molecule has 32 heavy (non-hydrogen) atoms. The topological polar surface area (TPSA) is 93.4 Å². The second kappa shape index (κ2) is 8.04. The third-order valence-corrected chi connectivity index (χ3v) is 5.99. The van der Waals surface area contributed by atoms with Crippen molar-refractivity contribution in [1.82, 2.24) is 14.6 Å². The van der Waals surface area contributed by atoms with E-state index < -0.39 is 0 Å². The summed E-state index contributed by atoms with van der Waals surface area (Å²) in [5, 5.41) is 4.41. The van der Waals surface area contributed by atoms with Gasteiger partial charge >= 0.3 is 0 Å². The number of hydrogen-bond donors (Lipinski definition) is 0. The van der Waals surface area contributed by atoms with Crippen molar-refractivity contribution < 1.29 is 23.7 Å². The van der Waals surface area contributed by atoms with E-state index in [9.17, 15) is 4.79 Å². The number of hydrogen-bond acceptors (Lipinski definition) is 9. The summed E-state index contributed by atoms with van der Waals surface area (Å²) >= 11 is 1.27. The predicted molar refractivity (Wildman–Crippen MR) is 117 cm³/mol. The second-order valence-electron chi connectivity index (χ2n) is 6.93. The van der Waals surface area contributed by atoms with Crippen LogP contribution in [0, 0.1) is 0 Å². The molecule has 0 N–H and O–H groups in total. The van der Waals surface area contributed by atoms with Gasteiger partial charge in [0.1, 0.15) is 0 Å². The molecule has 5 rings (SSSR count). The molecule has 0 fully saturated rings. The third kappa shape index (κ3) is 3.38. The lowest BCUT2D eigenvalue weighted by atomic mass is 10.1. The van der Waals surface area contributed by atoms with Gasteiger partial charge in [-0.1, -0.05) is 23.5 Å². The maximum Gasteiger partial charge on any atom is 0.291 e. The first-order valence-corrected chi connectivity index (χ1v) is 10.5. The highest BCUT2D eigenvalue weighted by Gasteiger charge is 2.18. The van der Waals surface area contributed by atoms with Crippen LogP contribution in [0.5, 0.6) is 28.7 Å². The minimum absolute atomic E-state index is 0.171. The molecular formula is C22H19N3O6S. The predicted octanol–water partition coefficient (Wildman–Crippen LogP) is 2.04. The van der Waals surface area contributed by atoms with Crippen molar-refractivity contribution in [2.24, 2.45) is 0 Å². The van der Waals surface area contributed by atoms with Crippen LogP contribution in [-0.4, -0.2) is 42.7 Å². The summed E-state index contributed by atoms with van der Waals surface area (Å²) < 4.78 is 28.9. The van der Waals surface area contributed by atoms with Crippen LogP contribution >= 0.6 is 11.3 Å². The molecule has 1 aliphatic heterocycles. The number of fused-ring (bicyclic) bond motifs is 2. The van der Waals surface area contributed by atoms with Crippen molar-refractivity contribution >= 4 is 22.4 Å². The molecule has 9 nitrogen and oxygen atoms in total. The normalized spacial score (nSPS) is 13.0. The van der Waals surface area contributed by atoms with Crippen LogP contribution < -0.4 is 33.8 Å². The molecule has 164 valence electrons. The highest BCUT2D eigenvalue weighted by Crippen LogP contribution is 2.38. The molecule has 0 spiro atoms. The van der Waals surface area contributed by atoms with Crippen molar-refractivity contribution in [2.75, 3.05) is 28.1 Å². The monoisotopic (exact) mass is 453 g/mol. The zero-order valence-corrected chi connectivity index (χ0v) is 18.4. The maximum atomic E-state index is 12.9. The minimum Gasteiger partial charge on any atom is -0.493 e. The van der Waals surface area contributed by atoms with Crippen molar-refractivity contribution in [3.8, 4) is 28.7 Å². The molecule has 0 saturated heterocycles. The Labute approximate surface area is 186 Å². The zero-order chi connectivity index (χ0) is 22.2. The van der Waals surface area contributed by atoms with Gasteiger partial charge < -0.3 is 23.7 Å². The Morgan fingerprint density at radius 2 is 1.91 bits per heavy atom. The fourth-order valence-electron chi connectivity index (χ4n) is 3.58. The Kier molecular flexibility index (Phi) is 5.06. The summed E-state index contributed by atoms with van der Waals surface area (Å²) in [6.07, 6.45) is 2.18. The van der Waals surface area contributed by atoms with Crippen LogP contribution in [0.15, 0.2) is 35.1 Å². The van der Waals surface area contributed by atoms with E-state index in [0.29, 0.717) is 50.5 Å². The summed E-state index contributed by atoms with van der Waals surface area (Å²) in [5.41, 5.74) is 1.42. The van der Waals surface area contributed by atoms with Gasteiger partial charge in [0, 0.05) is 12.0 Å². The molecule has 0 radical (unpaired) electrons. The van der Waals surface area contributed by atoms with Gasteiger partial charge in [0.15, 0.2) is 28.8 Å². The lowest BCUT2D eigenvalue weighted by molar-refractivity contribution is 0.174. The van der Waals surface area contributed by atoms with Crippen LogP contribution in [0.25, 0.3) is 11.0 Å². The van der Waals surface area contributed by atoms with Crippen molar-refractivity contribution in [3.63, 3.8) is 0 Å². The molecule has 0 saturated carbocycles. The number of thiazole rings is 1. The van der Waals surface area contributed by atoms with Crippen LogP contribution in [0.1, 0.15) is 17.0 Å². The van der Waals surface area contributed by atoms with E-state index in [0.717, 1.165) is 11.1 Å². The molecule has 0 unspecified atom stereocenters. The van der Waals surface area contributed by atoms with Crippen LogP contribution in [0.4, 0.5) is 0 Å². The van der Waals surface area contributed by atoms with E-state index in [1.54, 1.807) is 27.4 Å². The van der Waals surface area contributed by atoms with Crippen molar-refractivity contribution in [3.05, 3.63) is 62.2 Å². The SMILES string of the molecule is COc1cc(Cc2nc3s/c(=C\c4cccc5c4OCO5)c(=O)n3n2)cc(OC)c1OC. The fraction of sp³-hybridized carbons (Fsp3) is 0.227. The molecule has 0 amide bonds. The molecular weight excluding hydrogens is 434 g/mol. The smallest absolute Gasteiger partial charge is 0.291 e. The molecule has 4 aromatic rings. The number of aromatic nitrogens is 3. The number of nitrogens with zero attached hydrogens (tertiary/aromatic N) is 3. The molecule has 0 atom stereocenters. The van der Waals surface area contributed by atoms with Gasteiger partial charge in [0.05, 0.1) is 25.9 Å². The number of benzene rings is 2. The van der Waals surface area contributed by atoms with Gasteiger partial charge in [-0.25, -0.2) is 4.98 Å². The van der Waals surface area contributed by atoms with E-state index in [2.05, 4.69) is 10.1 Å². The van der Waals surface area contributed by atoms with Crippen LogP contribution in [0.3, 0.4) is 0 Å². The Balaban J connectivity index is 1.49. The first-order chi connectivity index (χ1) is 15.6. The summed E-state index contributed by atoms with van der Waals surface area (Å²) in [6.45, 7) is 0.171. The number of ether oxygens (including phenoxy) is 5. The van der Waals surface area contributed by atoms with Gasteiger partial charge in [0.25, 0.3) is 5.56 Å². The molecule has 10 heteroatoms. The average Bonchev–Trinajstić information content (AvgIpc) is 3.50. The number of para-hydroxylation sites is 1. The average molecular weight is 453 g/mol. The lowest BCUT2D eigenvalue weighted by Crippen LogP contribution is -2.23. The Morgan fingerprint density at radius 3 is 2.59 bits per heavy atom.